The number of aromatic nitrogens is 3. The van der Waals surface area contributed by atoms with E-state index in [4.69, 9.17) is 16.3 Å². The highest BCUT2D eigenvalue weighted by molar-refractivity contribution is 6.33. The van der Waals surface area contributed by atoms with Crippen LogP contribution in [0.4, 0.5) is 0 Å². The first kappa shape index (κ1) is 16.3. The number of rotatable bonds is 5. The lowest BCUT2D eigenvalue weighted by molar-refractivity contribution is 0.0950. The summed E-state index contributed by atoms with van der Waals surface area (Å²) >= 11 is 6.07. The van der Waals surface area contributed by atoms with Crippen LogP contribution in [0, 0.1) is 6.92 Å². The highest BCUT2D eigenvalue weighted by atomic mass is 35.5. The van der Waals surface area contributed by atoms with E-state index < -0.39 is 0 Å². The van der Waals surface area contributed by atoms with Crippen LogP contribution in [-0.2, 0) is 13.6 Å². The van der Waals surface area contributed by atoms with Gasteiger partial charge in [-0.1, -0.05) is 17.7 Å². The lowest BCUT2D eigenvalue weighted by atomic mass is 10.2. The Morgan fingerprint density at radius 2 is 2.18 bits per heavy atom. The summed E-state index contributed by atoms with van der Waals surface area (Å²) in [4.78, 5) is 16.4. The standard InChI is InChI=1S/C15H19ClN4O2/c1-9(2)22-12-6-5-11(7-17-12)8-18-15(21)13-10(3)19-20(4)14(13)16/h5-7,9H,8H2,1-4H3,(H,18,21). The molecule has 0 aromatic carbocycles. The van der Waals surface area contributed by atoms with Gasteiger partial charge >= 0.3 is 0 Å². The van der Waals surface area contributed by atoms with Crippen LogP contribution < -0.4 is 10.1 Å². The number of nitrogens with one attached hydrogen (secondary N) is 1. The summed E-state index contributed by atoms with van der Waals surface area (Å²) in [6.45, 7) is 5.99. The molecule has 0 atom stereocenters. The monoisotopic (exact) mass is 322 g/mol. The molecule has 2 heterocycles. The van der Waals surface area contributed by atoms with Gasteiger partial charge in [0.1, 0.15) is 5.15 Å². The van der Waals surface area contributed by atoms with Crippen LogP contribution in [0.15, 0.2) is 18.3 Å². The first-order chi connectivity index (χ1) is 10.4. The molecule has 0 saturated carbocycles. The first-order valence-electron chi connectivity index (χ1n) is 6.97. The maximum absolute atomic E-state index is 12.2. The van der Waals surface area contributed by atoms with Crippen molar-refractivity contribution in [2.45, 2.75) is 33.4 Å². The molecule has 0 unspecified atom stereocenters. The van der Waals surface area contributed by atoms with Gasteiger partial charge in [-0.25, -0.2) is 4.98 Å². The fourth-order valence-corrected chi connectivity index (χ4v) is 2.25. The molecule has 6 nitrogen and oxygen atoms in total. The van der Waals surface area contributed by atoms with E-state index in [1.54, 1.807) is 26.2 Å². The first-order valence-corrected chi connectivity index (χ1v) is 7.35. The van der Waals surface area contributed by atoms with Crippen LogP contribution in [-0.4, -0.2) is 26.8 Å². The molecule has 7 heteroatoms. The summed E-state index contributed by atoms with van der Waals surface area (Å²) in [7, 11) is 1.70. The molecule has 0 aliphatic carbocycles. The second-order valence-electron chi connectivity index (χ2n) is 5.23. The van der Waals surface area contributed by atoms with Crippen LogP contribution in [0.2, 0.25) is 5.15 Å². The van der Waals surface area contributed by atoms with Crippen molar-refractivity contribution in [1.82, 2.24) is 20.1 Å². The molecular weight excluding hydrogens is 304 g/mol. The molecule has 118 valence electrons. The Morgan fingerprint density at radius 1 is 1.45 bits per heavy atom. The van der Waals surface area contributed by atoms with Gasteiger partial charge in [0.25, 0.3) is 5.91 Å². The average molecular weight is 323 g/mol. The highest BCUT2D eigenvalue weighted by Gasteiger charge is 2.18. The van der Waals surface area contributed by atoms with Crippen molar-refractivity contribution in [2.75, 3.05) is 0 Å². The molecule has 2 aromatic rings. The Balaban J connectivity index is 1.99. The summed E-state index contributed by atoms with van der Waals surface area (Å²) in [5.74, 6) is 0.314. The lowest BCUT2D eigenvalue weighted by Crippen LogP contribution is -2.23. The molecule has 1 N–H and O–H groups in total. The Morgan fingerprint density at radius 3 is 2.68 bits per heavy atom. The van der Waals surface area contributed by atoms with Crippen molar-refractivity contribution in [3.8, 4) is 5.88 Å². The zero-order chi connectivity index (χ0) is 16.3. The predicted octanol–water partition coefficient (Wildman–Crippen LogP) is 2.49. The smallest absolute Gasteiger partial charge is 0.256 e. The van der Waals surface area contributed by atoms with Crippen molar-refractivity contribution >= 4 is 17.5 Å². The minimum atomic E-state index is -0.252. The fourth-order valence-electron chi connectivity index (χ4n) is 1.99. The van der Waals surface area contributed by atoms with Crippen LogP contribution in [0.25, 0.3) is 0 Å². The zero-order valence-corrected chi connectivity index (χ0v) is 13.8. The molecule has 0 bridgehead atoms. The van der Waals surface area contributed by atoms with E-state index in [9.17, 15) is 4.79 Å². The molecule has 0 saturated heterocycles. The zero-order valence-electron chi connectivity index (χ0n) is 13.1. The molecule has 0 radical (unpaired) electrons. The fraction of sp³-hybridized carbons (Fsp3) is 0.400. The van der Waals surface area contributed by atoms with Crippen molar-refractivity contribution in [2.24, 2.45) is 7.05 Å². The van der Waals surface area contributed by atoms with Crippen molar-refractivity contribution in [3.63, 3.8) is 0 Å². The summed E-state index contributed by atoms with van der Waals surface area (Å²) in [6, 6.07) is 3.65. The van der Waals surface area contributed by atoms with Gasteiger partial charge < -0.3 is 10.1 Å². The van der Waals surface area contributed by atoms with Gasteiger partial charge in [0.15, 0.2) is 0 Å². The number of carbonyl (C=O) groups is 1. The Bertz CT molecular complexity index is 665. The number of carbonyl (C=O) groups excluding carboxylic acids is 1. The third kappa shape index (κ3) is 3.76. The van der Waals surface area contributed by atoms with Gasteiger partial charge in [0.05, 0.1) is 17.4 Å². The second kappa shape index (κ2) is 6.79. The number of hydrogen-bond donors (Lipinski definition) is 1. The number of amides is 1. The van der Waals surface area contributed by atoms with E-state index in [0.29, 0.717) is 28.8 Å². The van der Waals surface area contributed by atoms with E-state index in [1.165, 1.54) is 4.68 Å². The number of halogens is 1. The Kier molecular flexibility index (Phi) is 5.03. The highest BCUT2D eigenvalue weighted by Crippen LogP contribution is 2.18. The normalized spacial score (nSPS) is 10.8. The molecule has 2 aromatic heterocycles. The molecule has 1 amide bonds. The van der Waals surface area contributed by atoms with Gasteiger partial charge in [-0.3, -0.25) is 9.48 Å². The third-order valence-electron chi connectivity index (χ3n) is 2.99. The Labute approximate surface area is 134 Å². The van der Waals surface area contributed by atoms with Crippen LogP contribution in [0.3, 0.4) is 0 Å². The third-order valence-corrected chi connectivity index (χ3v) is 3.42. The quantitative estimate of drug-likeness (QED) is 0.918. The lowest BCUT2D eigenvalue weighted by Gasteiger charge is -2.09. The van der Waals surface area contributed by atoms with Gasteiger partial charge in [0.2, 0.25) is 5.88 Å². The summed E-state index contributed by atoms with van der Waals surface area (Å²) in [5, 5.41) is 7.26. The largest absolute Gasteiger partial charge is 0.475 e. The topological polar surface area (TPSA) is 69.0 Å². The molecule has 22 heavy (non-hydrogen) atoms. The van der Waals surface area contributed by atoms with E-state index >= 15 is 0 Å². The van der Waals surface area contributed by atoms with Crippen LogP contribution in [0.1, 0.15) is 35.5 Å². The molecule has 0 aliphatic rings. The van der Waals surface area contributed by atoms with E-state index in [0.717, 1.165) is 5.56 Å². The maximum Gasteiger partial charge on any atom is 0.256 e. The molecule has 2 rings (SSSR count). The van der Waals surface area contributed by atoms with Crippen molar-refractivity contribution in [3.05, 3.63) is 40.3 Å². The van der Waals surface area contributed by atoms with Crippen molar-refractivity contribution < 1.29 is 9.53 Å². The molecule has 0 fully saturated rings. The summed E-state index contributed by atoms with van der Waals surface area (Å²) < 4.78 is 6.95. The summed E-state index contributed by atoms with van der Waals surface area (Å²) in [6.07, 6.45) is 1.75. The SMILES string of the molecule is Cc1nn(C)c(Cl)c1C(=O)NCc1ccc(OC(C)C)nc1. The van der Waals surface area contributed by atoms with Gasteiger partial charge in [0, 0.05) is 25.9 Å². The van der Waals surface area contributed by atoms with E-state index in [1.807, 2.05) is 19.9 Å². The van der Waals surface area contributed by atoms with E-state index in [-0.39, 0.29) is 12.0 Å². The van der Waals surface area contributed by atoms with Gasteiger partial charge in [-0.15, -0.1) is 0 Å². The molecule has 0 spiro atoms. The van der Waals surface area contributed by atoms with Crippen LogP contribution in [0.5, 0.6) is 5.88 Å². The van der Waals surface area contributed by atoms with Crippen molar-refractivity contribution in [1.29, 1.82) is 0 Å². The molecular formula is C15H19ClN4O2. The number of hydrogen-bond acceptors (Lipinski definition) is 4. The Hall–Kier alpha value is -2.08. The number of nitrogens with zero attached hydrogens (tertiary/aromatic N) is 3. The van der Waals surface area contributed by atoms with E-state index in [2.05, 4.69) is 15.4 Å². The predicted molar refractivity (Wildman–Crippen MR) is 84.1 cm³/mol. The number of aryl methyl sites for hydroxylation is 2. The maximum atomic E-state index is 12.2. The number of pyridine rings is 1. The minimum Gasteiger partial charge on any atom is -0.475 e. The van der Waals surface area contributed by atoms with Crippen LogP contribution >= 0.6 is 11.6 Å². The average Bonchev–Trinajstić information content (AvgIpc) is 2.70. The minimum absolute atomic E-state index is 0.0775. The summed E-state index contributed by atoms with van der Waals surface area (Å²) in [5.41, 5.74) is 1.88. The molecule has 0 aliphatic heterocycles. The second-order valence-corrected chi connectivity index (χ2v) is 5.59. The van der Waals surface area contributed by atoms with Gasteiger partial charge in [-0.2, -0.15) is 5.10 Å². The van der Waals surface area contributed by atoms with Gasteiger partial charge in [-0.05, 0) is 26.3 Å². The number of ether oxygens (including phenoxy) is 1.